The molecule has 4 nitrogen and oxygen atoms in total. The molecule has 144 valence electrons. The Morgan fingerprint density at radius 1 is 1.29 bits per heavy atom. The van der Waals surface area contributed by atoms with Crippen molar-refractivity contribution in [1.82, 2.24) is 20.5 Å². The lowest BCUT2D eigenvalue weighted by molar-refractivity contribution is 0.306. The van der Waals surface area contributed by atoms with Crippen molar-refractivity contribution in [1.29, 1.82) is 0 Å². The van der Waals surface area contributed by atoms with Gasteiger partial charge in [-0.3, -0.25) is 4.98 Å². The largest absolute Gasteiger partial charge is 0.376 e. The highest BCUT2D eigenvalue weighted by atomic mass is 19.1. The summed E-state index contributed by atoms with van der Waals surface area (Å²) in [6.07, 6.45) is 13.9. The molecule has 1 fully saturated rings. The van der Waals surface area contributed by atoms with Crippen molar-refractivity contribution in [3.63, 3.8) is 0 Å². The van der Waals surface area contributed by atoms with E-state index in [1.807, 2.05) is 12.1 Å². The Morgan fingerprint density at radius 3 is 3.11 bits per heavy atom. The SMILES string of the molecule is CN1C=C2C=C(F)c3cccnc3C3=C2C1CC(C1=CC2CCCC(C1)N2)N3. The molecule has 1 aromatic heterocycles. The number of halogens is 1. The smallest absolute Gasteiger partial charge is 0.133 e. The summed E-state index contributed by atoms with van der Waals surface area (Å²) in [5, 5.41) is 7.55. The second-order valence-corrected chi connectivity index (χ2v) is 8.73. The monoisotopic (exact) mass is 376 g/mol. The van der Waals surface area contributed by atoms with Crippen molar-refractivity contribution < 1.29 is 4.39 Å². The third-order valence-electron chi connectivity index (χ3n) is 6.97. The van der Waals surface area contributed by atoms with Crippen LogP contribution in [0.25, 0.3) is 11.5 Å². The van der Waals surface area contributed by atoms with Crippen molar-refractivity contribution in [3.05, 3.63) is 64.7 Å². The molecule has 5 aliphatic rings. The van der Waals surface area contributed by atoms with Gasteiger partial charge >= 0.3 is 0 Å². The van der Waals surface area contributed by atoms with Gasteiger partial charge in [-0.25, -0.2) is 4.39 Å². The molecule has 4 atom stereocenters. The highest BCUT2D eigenvalue weighted by Crippen LogP contribution is 2.44. The van der Waals surface area contributed by atoms with Gasteiger partial charge < -0.3 is 15.5 Å². The minimum absolute atomic E-state index is 0.202. The molecular weight excluding hydrogens is 351 g/mol. The number of rotatable bonds is 1. The topological polar surface area (TPSA) is 40.2 Å². The number of likely N-dealkylation sites (N-methyl/N-ethyl adjacent to an activating group) is 1. The summed E-state index contributed by atoms with van der Waals surface area (Å²) in [6.45, 7) is 0. The quantitative estimate of drug-likeness (QED) is 0.736. The lowest BCUT2D eigenvalue weighted by Crippen LogP contribution is -2.49. The maximum Gasteiger partial charge on any atom is 0.133 e. The fourth-order valence-corrected chi connectivity index (χ4v) is 5.69. The molecule has 0 spiro atoms. The van der Waals surface area contributed by atoms with Crippen molar-refractivity contribution in [2.45, 2.75) is 56.3 Å². The summed E-state index contributed by atoms with van der Waals surface area (Å²) >= 11 is 0. The third kappa shape index (κ3) is 2.42. The van der Waals surface area contributed by atoms with Crippen LogP contribution in [-0.4, -0.2) is 41.1 Å². The zero-order valence-electron chi connectivity index (χ0n) is 16.1. The van der Waals surface area contributed by atoms with E-state index in [1.54, 1.807) is 12.3 Å². The van der Waals surface area contributed by atoms with Crippen LogP contribution in [0.4, 0.5) is 4.39 Å². The van der Waals surface area contributed by atoms with Gasteiger partial charge in [0.15, 0.2) is 0 Å². The molecule has 5 heteroatoms. The molecule has 6 rings (SSSR count). The molecule has 4 unspecified atom stereocenters. The van der Waals surface area contributed by atoms with Crippen LogP contribution in [0.3, 0.4) is 0 Å². The minimum Gasteiger partial charge on any atom is -0.376 e. The summed E-state index contributed by atoms with van der Waals surface area (Å²) in [5.74, 6) is -0.202. The van der Waals surface area contributed by atoms with E-state index in [-0.39, 0.29) is 17.9 Å². The van der Waals surface area contributed by atoms with E-state index >= 15 is 0 Å². The van der Waals surface area contributed by atoms with Crippen LogP contribution in [0.15, 0.2) is 53.4 Å². The Morgan fingerprint density at radius 2 is 2.21 bits per heavy atom. The van der Waals surface area contributed by atoms with Gasteiger partial charge in [0.1, 0.15) is 5.83 Å². The third-order valence-corrected chi connectivity index (χ3v) is 6.97. The van der Waals surface area contributed by atoms with Gasteiger partial charge in [0.05, 0.1) is 17.4 Å². The van der Waals surface area contributed by atoms with Gasteiger partial charge in [-0.05, 0) is 49.5 Å². The molecule has 5 heterocycles. The number of hydrogen-bond acceptors (Lipinski definition) is 4. The second kappa shape index (κ2) is 6.05. The standard InChI is InChI=1S/C23H25FN4/c1-28-12-14-10-18(24)17-6-3-7-25-22(17)23-21(14)20(28)11-19(27-23)13-8-15-4-2-5-16(9-13)26-15/h3,6-8,10,12,15-16,19-20,26-27H,2,4-5,9,11H2,1H3. The Bertz CT molecular complexity index is 973. The van der Waals surface area contributed by atoms with Gasteiger partial charge in [0.25, 0.3) is 0 Å². The number of nitrogens with zero attached hydrogens (tertiary/aromatic N) is 2. The Kier molecular flexibility index (Phi) is 3.57. The zero-order valence-corrected chi connectivity index (χ0v) is 16.1. The molecule has 4 aliphatic heterocycles. The van der Waals surface area contributed by atoms with Crippen LogP contribution in [0.2, 0.25) is 0 Å². The molecule has 1 aromatic rings. The van der Waals surface area contributed by atoms with Crippen LogP contribution in [0.5, 0.6) is 0 Å². The lowest BCUT2D eigenvalue weighted by Gasteiger charge is -2.41. The van der Waals surface area contributed by atoms with Gasteiger partial charge in [-0.2, -0.15) is 0 Å². The first-order valence-corrected chi connectivity index (χ1v) is 10.4. The van der Waals surface area contributed by atoms with Gasteiger partial charge in [-0.1, -0.05) is 12.5 Å². The van der Waals surface area contributed by atoms with Crippen molar-refractivity contribution in [2.75, 3.05) is 7.05 Å². The average molecular weight is 376 g/mol. The van der Waals surface area contributed by atoms with Crippen LogP contribution in [-0.2, 0) is 0 Å². The fraction of sp³-hybridized carbons (Fsp3) is 0.435. The van der Waals surface area contributed by atoms with Crippen molar-refractivity contribution in [3.8, 4) is 0 Å². The minimum atomic E-state index is -0.202. The maximum absolute atomic E-state index is 15.0. The van der Waals surface area contributed by atoms with Crippen LogP contribution >= 0.6 is 0 Å². The molecule has 0 amide bonds. The summed E-state index contributed by atoms with van der Waals surface area (Å²) in [7, 11) is 2.11. The van der Waals surface area contributed by atoms with E-state index in [9.17, 15) is 4.39 Å². The molecule has 0 aromatic carbocycles. The van der Waals surface area contributed by atoms with Crippen LogP contribution < -0.4 is 10.6 Å². The summed E-state index contributed by atoms with van der Waals surface area (Å²) in [6, 6.07) is 5.30. The molecule has 1 saturated heterocycles. The first-order valence-electron chi connectivity index (χ1n) is 10.4. The Balaban J connectivity index is 1.45. The van der Waals surface area contributed by atoms with Crippen molar-refractivity contribution in [2.24, 2.45) is 0 Å². The van der Waals surface area contributed by atoms with E-state index in [0.29, 0.717) is 17.6 Å². The number of hydrogen-bond donors (Lipinski definition) is 2. The second-order valence-electron chi connectivity index (χ2n) is 8.73. The molecule has 2 N–H and O–H groups in total. The zero-order chi connectivity index (χ0) is 18.8. The number of pyridine rings is 1. The number of allylic oxidation sites excluding steroid dienone is 1. The lowest BCUT2D eigenvalue weighted by atomic mass is 9.80. The number of fused-ring (bicyclic) bond motifs is 4. The Labute approximate surface area is 164 Å². The van der Waals surface area contributed by atoms with Crippen LogP contribution in [0, 0.1) is 0 Å². The summed E-state index contributed by atoms with van der Waals surface area (Å²) < 4.78 is 15.0. The molecule has 0 saturated carbocycles. The molecule has 2 bridgehead atoms. The first-order chi connectivity index (χ1) is 13.7. The highest BCUT2D eigenvalue weighted by Gasteiger charge is 2.41. The van der Waals surface area contributed by atoms with Gasteiger partial charge in [-0.15, -0.1) is 0 Å². The molecule has 0 radical (unpaired) electrons. The first kappa shape index (κ1) is 16.5. The summed E-state index contributed by atoms with van der Waals surface area (Å²) in [5.41, 5.74) is 6.03. The van der Waals surface area contributed by atoms with Crippen LogP contribution in [0.1, 0.15) is 43.4 Å². The maximum atomic E-state index is 15.0. The van der Waals surface area contributed by atoms with E-state index in [4.69, 9.17) is 0 Å². The van der Waals surface area contributed by atoms with Crippen molar-refractivity contribution >= 4 is 11.5 Å². The van der Waals surface area contributed by atoms with Gasteiger partial charge in [0, 0.05) is 54.3 Å². The summed E-state index contributed by atoms with van der Waals surface area (Å²) in [4.78, 5) is 6.84. The molecular formula is C23H25FN4. The number of aromatic nitrogens is 1. The van der Waals surface area contributed by atoms with E-state index < -0.39 is 0 Å². The predicted octanol–water partition coefficient (Wildman–Crippen LogP) is 3.52. The van der Waals surface area contributed by atoms with E-state index in [1.165, 1.54) is 30.4 Å². The molecule has 1 aliphatic carbocycles. The predicted molar refractivity (Wildman–Crippen MR) is 109 cm³/mol. The normalized spacial score (nSPS) is 33.2. The fourth-order valence-electron chi connectivity index (χ4n) is 5.69. The van der Waals surface area contributed by atoms with E-state index in [2.05, 4.69) is 39.8 Å². The Hall–Kier alpha value is -2.40. The van der Waals surface area contributed by atoms with Gasteiger partial charge in [0.2, 0.25) is 0 Å². The number of nitrogens with one attached hydrogen (secondary N) is 2. The van der Waals surface area contributed by atoms with E-state index in [0.717, 1.165) is 29.8 Å². The molecule has 28 heavy (non-hydrogen) atoms. The average Bonchev–Trinajstić information content (AvgIpc) is 2.96. The highest BCUT2D eigenvalue weighted by molar-refractivity contribution is 5.85. The number of piperidine rings is 1.